The molecule has 21 heavy (non-hydrogen) atoms. The third-order valence-electron chi connectivity index (χ3n) is 3.26. The lowest BCUT2D eigenvalue weighted by atomic mass is 10.2. The highest BCUT2D eigenvalue weighted by molar-refractivity contribution is 7.91. The van der Waals surface area contributed by atoms with Crippen molar-refractivity contribution in [2.24, 2.45) is 0 Å². The molecule has 2 aromatic heterocycles. The summed E-state index contributed by atoms with van der Waals surface area (Å²) in [6.45, 7) is 3.97. The molecular formula is C14H20N2O4S. The maximum absolute atomic E-state index is 12.4. The van der Waals surface area contributed by atoms with Gasteiger partial charge in [0.05, 0.1) is 11.5 Å². The Kier molecular flexibility index (Phi) is 5.17. The Morgan fingerprint density at radius 1 is 1.24 bits per heavy atom. The molecule has 0 aliphatic rings. The molecule has 0 aliphatic carbocycles. The summed E-state index contributed by atoms with van der Waals surface area (Å²) in [5.41, 5.74) is 0. The number of rotatable bonds is 8. The van der Waals surface area contributed by atoms with E-state index in [-0.39, 0.29) is 22.7 Å². The van der Waals surface area contributed by atoms with Crippen LogP contribution in [0.3, 0.4) is 0 Å². The second-order valence-electron chi connectivity index (χ2n) is 5.00. The van der Waals surface area contributed by atoms with Gasteiger partial charge >= 0.3 is 0 Å². The molecule has 0 aromatic carbocycles. The summed E-state index contributed by atoms with van der Waals surface area (Å²) >= 11 is 0. The van der Waals surface area contributed by atoms with Crippen molar-refractivity contribution in [3.05, 3.63) is 24.3 Å². The third kappa shape index (κ3) is 3.93. The van der Waals surface area contributed by atoms with Crippen molar-refractivity contribution in [1.29, 1.82) is 0 Å². The number of nitrogens with zero attached hydrogens (tertiary/aromatic N) is 2. The Hall–Kier alpha value is -1.63. The van der Waals surface area contributed by atoms with Gasteiger partial charge in [0.1, 0.15) is 5.75 Å². The third-order valence-corrected chi connectivity index (χ3v) is 5.40. The van der Waals surface area contributed by atoms with E-state index in [0.29, 0.717) is 18.6 Å². The van der Waals surface area contributed by atoms with Crippen LogP contribution in [0, 0.1) is 0 Å². The highest BCUT2D eigenvalue weighted by atomic mass is 32.2. The molecule has 2 heterocycles. The average Bonchev–Trinajstić information content (AvgIpc) is 3.08. The van der Waals surface area contributed by atoms with Crippen LogP contribution in [0.15, 0.2) is 27.3 Å². The Balaban J connectivity index is 2.12. The van der Waals surface area contributed by atoms with Gasteiger partial charge in [0.25, 0.3) is 0 Å². The lowest BCUT2D eigenvalue weighted by Crippen LogP contribution is -2.23. The average molecular weight is 312 g/mol. The van der Waals surface area contributed by atoms with E-state index in [4.69, 9.17) is 8.94 Å². The van der Waals surface area contributed by atoms with Gasteiger partial charge < -0.3 is 8.94 Å². The van der Waals surface area contributed by atoms with Crippen molar-refractivity contribution in [2.75, 3.05) is 0 Å². The first-order valence-electron chi connectivity index (χ1n) is 7.14. The maximum Gasteiger partial charge on any atom is 0.242 e. The summed E-state index contributed by atoms with van der Waals surface area (Å²) in [4.78, 5) is 4.09. The van der Waals surface area contributed by atoms with E-state index >= 15 is 0 Å². The number of sulfone groups is 1. The minimum absolute atomic E-state index is 0.110. The zero-order valence-corrected chi connectivity index (χ0v) is 13.1. The van der Waals surface area contributed by atoms with Gasteiger partial charge in [-0.15, -0.1) is 0 Å². The summed E-state index contributed by atoms with van der Waals surface area (Å²) in [5, 5.41) is 3.41. The van der Waals surface area contributed by atoms with Crippen molar-refractivity contribution in [3.8, 4) is 11.6 Å². The van der Waals surface area contributed by atoms with Crippen molar-refractivity contribution in [3.63, 3.8) is 0 Å². The molecule has 6 nitrogen and oxygen atoms in total. The first-order chi connectivity index (χ1) is 10.1. The van der Waals surface area contributed by atoms with Crippen LogP contribution in [0.2, 0.25) is 0 Å². The van der Waals surface area contributed by atoms with Crippen molar-refractivity contribution < 1.29 is 17.4 Å². The lowest BCUT2D eigenvalue weighted by Gasteiger charge is -2.14. The predicted molar refractivity (Wildman–Crippen MR) is 78.2 cm³/mol. The van der Waals surface area contributed by atoms with Crippen LogP contribution < -0.4 is 0 Å². The lowest BCUT2D eigenvalue weighted by molar-refractivity contribution is 0.387. The van der Waals surface area contributed by atoms with Gasteiger partial charge in [0.15, 0.2) is 15.6 Å². The van der Waals surface area contributed by atoms with E-state index in [1.807, 2.05) is 13.8 Å². The summed E-state index contributed by atoms with van der Waals surface area (Å²) in [6.07, 6.45) is 4.50. The quantitative estimate of drug-likeness (QED) is 0.744. The van der Waals surface area contributed by atoms with E-state index in [1.165, 1.54) is 6.26 Å². The normalized spacial score (nSPS) is 12.1. The van der Waals surface area contributed by atoms with Gasteiger partial charge in [-0.3, -0.25) is 0 Å². The Morgan fingerprint density at radius 3 is 2.52 bits per heavy atom. The molecule has 0 aliphatic heterocycles. The summed E-state index contributed by atoms with van der Waals surface area (Å²) in [6, 6.07) is 3.40. The van der Waals surface area contributed by atoms with Gasteiger partial charge in [0, 0.05) is 0 Å². The van der Waals surface area contributed by atoms with Crippen molar-refractivity contribution in [2.45, 2.75) is 50.5 Å². The zero-order valence-electron chi connectivity index (χ0n) is 12.3. The molecule has 0 fully saturated rings. The standard InChI is InChI=1S/C14H20N2O4S/c1-3-6-11(7-4-2)21(17,18)10-13-15-14(16-20-13)12-8-5-9-19-12/h5,8-9,11H,3-4,6-7,10H2,1-2H3. The monoisotopic (exact) mass is 312 g/mol. The second kappa shape index (κ2) is 6.89. The fourth-order valence-corrected chi connectivity index (χ4v) is 4.14. The Labute approximate surface area is 124 Å². The largest absolute Gasteiger partial charge is 0.461 e. The minimum atomic E-state index is -3.28. The molecule has 116 valence electrons. The molecule has 0 radical (unpaired) electrons. The fraction of sp³-hybridized carbons (Fsp3) is 0.571. The molecule has 0 N–H and O–H groups in total. The van der Waals surface area contributed by atoms with Crippen LogP contribution in [0.1, 0.15) is 45.4 Å². The van der Waals surface area contributed by atoms with Gasteiger partial charge in [0.2, 0.25) is 11.7 Å². The first kappa shape index (κ1) is 15.8. The minimum Gasteiger partial charge on any atom is -0.461 e. The Bertz CT molecular complexity index is 640. The predicted octanol–water partition coefficient (Wildman–Crippen LogP) is 3.21. The zero-order chi connectivity index (χ0) is 15.3. The molecule has 2 aromatic rings. The van der Waals surface area contributed by atoms with Crippen LogP contribution in [0.4, 0.5) is 0 Å². The highest BCUT2D eigenvalue weighted by Crippen LogP contribution is 2.21. The molecule has 0 saturated carbocycles. The van der Waals surface area contributed by atoms with Crippen LogP contribution >= 0.6 is 0 Å². The van der Waals surface area contributed by atoms with E-state index in [0.717, 1.165) is 12.8 Å². The Morgan fingerprint density at radius 2 is 1.95 bits per heavy atom. The van der Waals surface area contributed by atoms with Crippen LogP contribution in [-0.4, -0.2) is 23.8 Å². The van der Waals surface area contributed by atoms with Gasteiger partial charge in [-0.25, -0.2) is 8.42 Å². The number of hydrogen-bond donors (Lipinski definition) is 0. The van der Waals surface area contributed by atoms with E-state index in [9.17, 15) is 8.42 Å². The van der Waals surface area contributed by atoms with Gasteiger partial charge in [-0.1, -0.05) is 31.8 Å². The van der Waals surface area contributed by atoms with Gasteiger partial charge in [-0.2, -0.15) is 4.98 Å². The molecule has 7 heteroatoms. The molecule has 0 spiro atoms. The SMILES string of the molecule is CCCC(CCC)S(=O)(=O)Cc1nc(-c2ccco2)no1. The smallest absolute Gasteiger partial charge is 0.242 e. The summed E-state index contributed by atoms with van der Waals surface area (Å²) in [7, 11) is -3.28. The molecule has 0 bridgehead atoms. The number of aromatic nitrogens is 2. The summed E-state index contributed by atoms with van der Waals surface area (Å²) in [5.74, 6) is 0.623. The first-order valence-corrected chi connectivity index (χ1v) is 8.86. The van der Waals surface area contributed by atoms with Gasteiger partial charge in [-0.05, 0) is 25.0 Å². The van der Waals surface area contributed by atoms with E-state index in [1.54, 1.807) is 12.1 Å². The second-order valence-corrected chi connectivity index (χ2v) is 7.28. The molecule has 0 saturated heterocycles. The van der Waals surface area contributed by atoms with Crippen molar-refractivity contribution >= 4 is 9.84 Å². The number of hydrogen-bond acceptors (Lipinski definition) is 6. The molecule has 0 unspecified atom stereocenters. The molecule has 2 rings (SSSR count). The highest BCUT2D eigenvalue weighted by Gasteiger charge is 2.27. The van der Waals surface area contributed by atoms with E-state index in [2.05, 4.69) is 10.1 Å². The number of furan rings is 1. The fourth-order valence-electron chi connectivity index (χ4n) is 2.26. The van der Waals surface area contributed by atoms with E-state index < -0.39 is 9.84 Å². The molecule has 0 amide bonds. The summed E-state index contributed by atoms with van der Waals surface area (Å²) < 4.78 is 35.0. The van der Waals surface area contributed by atoms with Crippen LogP contribution in [0.25, 0.3) is 11.6 Å². The maximum atomic E-state index is 12.4. The topological polar surface area (TPSA) is 86.2 Å². The van der Waals surface area contributed by atoms with Crippen LogP contribution in [-0.2, 0) is 15.6 Å². The van der Waals surface area contributed by atoms with Crippen molar-refractivity contribution in [1.82, 2.24) is 10.1 Å². The molecule has 0 atom stereocenters. The van der Waals surface area contributed by atoms with Crippen LogP contribution in [0.5, 0.6) is 0 Å². The molecular weight excluding hydrogens is 292 g/mol.